The Bertz CT molecular complexity index is 729. The van der Waals surface area contributed by atoms with Gasteiger partial charge >= 0.3 is 0 Å². The fourth-order valence-corrected chi connectivity index (χ4v) is 3.29. The highest BCUT2D eigenvalue weighted by molar-refractivity contribution is 5.49. The number of benzene rings is 1. The highest BCUT2D eigenvalue weighted by atomic mass is 16.1. The first-order valence-corrected chi connectivity index (χ1v) is 8.29. The Morgan fingerprint density at radius 2 is 1.75 bits per heavy atom. The molecule has 3 heterocycles. The Labute approximate surface area is 140 Å². The zero-order valence-electron chi connectivity index (χ0n) is 13.5. The first-order chi connectivity index (χ1) is 11.8. The zero-order chi connectivity index (χ0) is 16.4. The highest BCUT2D eigenvalue weighted by Crippen LogP contribution is 2.23. The summed E-state index contributed by atoms with van der Waals surface area (Å²) >= 11 is 0. The smallest absolute Gasteiger partial charge is 0.247 e. The summed E-state index contributed by atoms with van der Waals surface area (Å²) in [5.74, 6) is 1.52. The van der Waals surface area contributed by atoms with Gasteiger partial charge in [0.15, 0.2) is 5.82 Å². The Balaban J connectivity index is 1.50. The van der Waals surface area contributed by atoms with E-state index in [1.807, 2.05) is 0 Å². The molecule has 0 N–H and O–H groups in total. The Hall–Kier alpha value is -2.70. The van der Waals surface area contributed by atoms with Gasteiger partial charge in [-0.2, -0.15) is 10.1 Å². The number of amides is 1. The van der Waals surface area contributed by atoms with Gasteiger partial charge in [0.25, 0.3) is 0 Å². The lowest BCUT2D eigenvalue weighted by Gasteiger charge is -2.33. The fraction of sp³-hybridized carbons (Fsp3) is 0.412. The number of nitrogens with zero attached hydrogens (tertiary/aromatic N) is 6. The largest absolute Gasteiger partial charge is 0.350 e. The number of rotatable bonds is 3. The van der Waals surface area contributed by atoms with Crippen molar-refractivity contribution in [3.8, 4) is 0 Å². The second kappa shape index (κ2) is 6.43. The minimum Gasteiger partial charge on any atom is -0.350 e. The molecule has 0 bridgehead atoms. The van der Waals surface area contributed by atoms with Gasteiger partial charge in [-0.1, -0.05) is 24.3 Å². The molecule has 0 atom stereocenters. The van der Waals surface area contributed by atoms with Gasteiger partial charge in [-0.3, -0.25) is 4.79 Å². The lowest BCUT2D eigenvalue weighted by molar-refractivity contribution is -0.118. The van der Waals surface area contributed by atoms with Crippen LogP contribution in [-0.2, 0) is 17.8 Å². The summed E-state index contributed by atoms with van der Waals surface area (Å²) in [4.78, 5) is 21.7. The van der Waals surface area contributed by atoms with Crippen LogP contribution in [0.15, 0.2) is 30.5 Å². The Kier molecular flexibility index (Phi) is 3.98. The molecule has 124 valence electrons. The highest BCUT2D eigenvalue weighted by Gasteiger charge is 2.21. The van der Waals surface area contributed by atoms with Crippen LogP contribution >= 0.6 is 0 Å². The van der Waals surface area contributed by atoms with Gasteiger partial charge in [0.05, 0.1) is 6.20 Å². The SMILES string of the molecule is O=CN1CCN(c2nncc(N3CCc4ccccc4C3)n2)CC1. The lowest BCUT2D eigenvalue weighted by atomic mass is 10.0. The van der Waals surface area contributed by atoms with Crippen LogP contribution in [0.1, 0.15) is 11.1 Å². The third-order valence-electron chi connectivity index (χ3n) is 4.74. The number of hydrogen-bond acceptors (Lipinski definition) is 6. The molecular weight excluding hydrogens is 304 g/mol. The van der Waals surface area contributed by atoms with Crippen LogP contribution in [0, 0.1) is 0 Å². The van der Waals surface area contributed by atoms with Crippen molar-refractivity contribution in [1.82, 2.24) is 20.1 Å². The summed E-state index contributed by atoms with van der Waals surface area (Å²) in [5.41, 5.74) is 2.77. The average molecular weight is 324 g/mol. The predicted octanol–water partition coefficient (Wildman–Crippen LogP) is 0.713. The van der Waals surface area contributed by atoms with Crippen molar-refractivity contribution >= 4 is 18.2 Å². The third kappa shape index (κ3) is 2.89. The van der Waals surface area contributed by atoms with Crippen molar-refractivity contribution in [2.45, 2.75) is 13.0 Å². The minimum absolute atomic E-state index is 0.650. The topological polar surface area (TPSA) is 65.5 Å². The van der Waals surface area contributed by atoms with Crippen LogP contribution in [-0.4, -0.2) is 59.2 Å². The van der Waals surface area contributed by atoms with Gasteiger partial charge in [0.2, 0.25) is 12.4 Å². The van der Waals surface area contributed by atoms with Crippen molar-refractivity contribution in [2.75, 3.05) is 42.5 Å². The molecule has 1 amide bonds. The molecule has 4 rings (SSSR count). The number of carbonyl (C=O) groups is 1. The lowest BCUT2D eigenvalue weighted by Crippen LogP contribution is -2.46. The molecular formula is C17H20N6O. The number of anilines is 2. The second-order valence-electron chi connectivity index (χ2n) is 6.18. The first-order valence-electron chi connectivity index (χ1n) is 8.29. The number of aromatic nitrogens is 3. The number of piperazine rings is 1. The molecule has 0 unspecified atom stereocenters. The first kappa shape index (κ1) is 14.9. The summed E-state index contributed by atoms with van der Waals surface area (Å²) in [6, 6.07) is 8.55. The second-order valence-corrected chi connectivity index (χ2v) is 6.18. The molecule has 1 aromatic carbocycles. The van der Waals surface area contributed by atoms with Crippen LogP contribution in [0.2, 0.25) is 0 Å². The number of fused-ring (bicyclic) bond motifs is 1. The van der Waals surface area contributed by atoms with Gasteiger partial charge in [0.1, 0.15) is 0 Å². The van der Waals surface area contributed by atoms with Crippen LogP contribution in [0.5, 0.6) is 0 Å². The van der Waals surface area contributed by atoms with Crippen LogP contribution in [0.4, 0.5) is 11.8 Å². The van der Waals surface area contributed by atoms with Crippen molar-refractivity contribution < 1.29 is 4.79 Å². The molecule has 0 saturated carbocycles. The molecule has 2 aromatic rings. The van der Waals surface area contributed by atoms with E-state index in [-0.39, 0.29) is 0 Å². The maximum absolute atomic E-state index is 10.8. The van der Waals surface area contributed by atoms with Gasteiger partial charge in [0, 0.05) is 39.3 Å². The monoisotopic (exact) mass is 324 g/mol. The van der Waals surface area contributed by atoms with E-state index in [0.29, 0.717) is 19.0 Å². The molecule has 1 aromatic heterocycles. The van der Waals surface area contributed by atoms with Crippen molar-refractivity contribution in [1.29, 1.82) is 0 Å². The predicted molar refractivity (Wildman–Crippen MR) is 90.9 cm³/mol. The average Bonchev–Trinajstić information content (AvgIpc) is 2.68. The molecule has 7 heteroatoms. The normalized spacial score (nSPS) is 17.6. The molecule has 0 aliphatic carbocycles. The van der Waals surface area contributed by atoms with E-state index in [0.717, 1.165) is 44.8 Å². The zero-order valence-corrected chi connectivity index (χ0v) is 13.5. The molecule has 0 spiro atoms. The van der Waals surface area contributed by atoms with Gasteiger partial charge < -0.3 is 14.7 Å². The molecule has 24 heavy (non-hydrogen) atoms. The molecule has 2 aliphatic heterocycles. The molecule has 1 fully saturated rings. The minimum atomic E-state index is 0.650. The Morgan fingerprint density at radius 3 is 2.54 bits per heavy atom. The molecule has 2 aliphatic rings. The summed E-state index contributed by atoms with van der Waals surface area (Å²) in [6.07, 6.45) is 3.66. The molecule has 7 nitrogen and oxygen atoms in total. The van der Waals surface area contributed by atoms with E-state index < -0.39 is 0 Å². The van der Waals surface area contributed by atoms with E-state index in [1.165, 1.54) is 11.1 Å². The maximum Gasteiger partial charge on any atom is 0.247 e. The summed E-state index contributed by atoms with van der Waals surface area (Å²) in [5, 5.41) is 8.34. The van der Waals surface area contributed by atoms with E-state index >= 15 is 0 Å². The van der Waals surface area contributed by atoms with Gasteiger partial charge in [-0.05, 0) is 17.5 Å². The summed E-state index contributed by atoms with van der Waals surface area (Å²) in [7, 11) is 0. The van der Waals surface area contributed by atoms with Crippen molar-refractivity contribution in [2.24, 2.45) is 0 Å². The van der Waals surface area contributed by atoms with Crippen LogP contribution in [0.25, 0.3) is 0 Å². The fourth-order valence-electron chi connectivity index (χ4n) is 3.29. The Morgan fingerprint density at radius 1 is 0.958 bits per heavy atom. The third-order valence-corrected chi connectivity index (χ3v) is 4.74. The number of hydrogen-bond donors (Lipinski definition) is 0. The van der Waals surface area contributed by atoms with E-state index in [2.05, 4.69) is 44.3 Å². The van der Waals surface area contributed by atoms with Crippen LogP contribution in [0.3, 0.4) is 0 Å². The van der Waals surface area contributed by atoms with Crippen LogP contribution < -0.4 is 9.80 Å². The van der Waals surface area contributed by atoms with E-state index in [4.69, 9.17) is 4.98 Å². The van der Waals surface area contributed by atoms with E-state index in [9.17, 15) is 4.79 Å². The van der Waals surface area contributed by atoms with Gasteiger partial charge in [-0.15, -0.1) is 5.10 Å². The quantitative estimate of drug-likeness (QED) is 0.775. The molecule has 1 saturated heterocycles. The maximum atomic E-state index is 10.8. The molecule has 0 radical (unpaired) electrons. The summed E-state index contributed by atoms with van der Waals surface area (Å²) < 4.78 is 0. The standard InChI is InChI=1S/C17H20N6O/c24-13-21-7-9-22(10-8-21)17-19-16(11-18-20-17)23-6-5-14-3-1-2-4-15(14)12-23/h1-4,11,13H,5-10,12H2. The van der Waals surface area contributed by atoms with E-state index in [1.54, 1.807) is 11.1 Å². The van der Waals surface area contributed by atoms with Crippen molar-refractivity contribution in [3.63, 3.8) is 0 Å². The number of carbonyl (C=O) groups excluding carboxylic acids is 1. The van der Waals surface area contributed by atoms with Gasteiger partial charge in [-0.25, -0.2) is 0 Å². The summed E-state index contributed by atoms with van der Waals surface area (Å²) in [6.45, 7) is 4.68. The van der Waals surface area contributed by atoms with Crippen molar-refractivity contribution in [3.05, 3.63) is 41.6 Å².